The fraction of sp³-hybridized carbons (Fsp3) is 0.600. The molecule has 1 aromatic rings. The Kier molecular flexibility index (Phi) is 6.61. The zero-order valence-electron chi connectivity index (χ0n) is 14.3. The van der Waals surface area contributed by atoms with E-state index in [0.29, 0.717) is 6.41 Å². The van der Waals surface area contributed by atoms with Crippen LogP contribution in [0.1, 0.15) is 42.6 Å². The summed E-state index contributed by atoms with van der Waals surface area (Å²) in [6.07, 6.45) is 6.83. The van der Waals surface area contributed by atoms with Gasteiger partial charge in [0.1, 0.15) is 12.6 Å². The molecule has 1 fully saturated rings. The number of nitrogens with zero attached hydrogens (tertiary/aromatic N) is 5. The predicted molar refractivity (Wildman–Crippen MR) is 86.8 cm³/mol. The number of hydrogen-bond acceptors (Lipinski definition) is 7. The molecule has 0 radical (unpaired) electrons. The Bertz CT molecular complexity index is 650. The highest BCUT2D eigenvalue weighted by Gasteiger charge is 2.20. The molecular weight excluding hydrogens is 328 g/mol. The summed E-state index contributed by atoms with van der Waals surface area (Å²) in [7, 11) is 3.05. The number of nitrogens with one attached hydrogen (secondary N) is 1. The Hall–Kier alpha value is -2.78. The maximum absolute atomic E-state index is 12.2. The normalized spacial score (nSPS) is 15.1. The molecule has 1 N–H and O–H groups in total. The Morgan fingerprint density at radius 2 is 2.16 bits per heavy atom. The Labute approximate surface area is 145 Å². The summed E-state index contributed by atoms with van der Waals surface area (Å²) >= 11 is 0. The van der Waals surface area contributed by atoms with Gasteiger partial charge in [-0.2, -0.15) is 0 Å². The molecule has 1 saturated carbocycles. The lowest BCUT2D eigenvalue weighted by Gasteiger charge is -2.21. The van der Waals surface area contributed by atoms with Crippen molar-refractivity contribution in [3.05, 3.63) is 12.0 Å². The van der Waals surface area contributed by atoms with Gasteiger partial charge in [-0.3, -0.25) is 14.4 Å². The SMILES string of the molecule is CN(C=O)/N=N\c1c(C(=O)NCC(=O)OC2CCCCC2)ncn1C. The van der Waals surface area contributed by atoms with Gasteiger partial charge in [0.25, 0.3) is 5.91 Å². The summed E-state index contributed by atoms with van der Waals surface area (Å²) in [6, 6.07) is 0. The molecule has 2 amide bonds. The second-order valence-corrected chi connectivity index (χ2v) is 5.83. The van der Waals surface area contributed by atoms with Crippen LogP contribution in [0.2, 0.25) is 0 Å². The lowest BCUT2D eigenvalue weighted by Crippen LogP contribution is -2.33. The minimum atomic E-state index is -0.566. The van der Waals surface area contributed by atoms with Crippen LogP contribution in [0.5, 0.6) is 0 Å². The van der Waals surface area contributed by atoms with E-state index >= 15 is 0 Å². The third kappa shape index (κ3) is 5.37. The average molecular weight is 350 g/mol. The van der Waals surface area contributed by atoms with Crippen LogP contribution in [0.15, 0.2) is 16.7 Å². The van der Waals surface area contributed by atoms with E-state index in [2.05, 4.69) is 20.6 Å². The Morgan fingerprint density at radius 3 is 2.84 bits per heavy atom. The van der Waals surface area contributed by atoms with Gasteiger partial charge < -0.3 is 14.6 Å². The zero-order valence-corrected chi connectivity index (χ0v) is 14.3. The lowest BCUT2D eigenvalue weighted by molar-refractivity contribution is -0.149. The first-order valence-electron chi connectivity index (χ1n) is 8.10. The number of esters is 1. The van der Waals surface area contributed by atoms with E-state index in [4.69, 9.17) is 4.74 Å². The third-order valence-corrected chi connectivity index (χ3v) is 3.80. The summed E-state index contributed by atoms with van der Waals surface area (Å²) in [6.45, 7) is -0.239. The molecule has 1 aliphatic rings. The first-order chi connectivity index (χ1) is 12.0. The highest BCUT2D eigenvalue weighted by molar-refractivity contribution is 5.97. The van der Waals surface area contributed by atoms with E-state index in [9.17, 15) is 14.4 Å². The topological polar surface area (TPSA) is 118 Å². The number of aromatic nitrogens is 2. The molecule has 0 saturated heterocycles. The molecule has 0 unspecified atom stereocenters. The monoisotopic (exact) mass is 350 g/mol. The van der Waals surface area contributed by atoms with Crippen LogP contribution < -0.4 is 5.32 Å². The van der Waals surface area contributed by atoms with E-state index in [1.54, 1.807) is 7.05 Å². The average Bonchev–Trinajstić information content (AvgIpc) is 2.99. The molecule has 0 spiro atoms. The molecule has 136 valence electrons. The van der Waals surface area contributed by atoms with E-state index in [0.717, 1.165) is 30.7 Å². The van der Waals surface area contributed by atoms with Gasteiger partial charge in [-0.15, -0.1) is 5.11 Å². The summed E-state index contributed by atoms with van der Waals surface area (Å²) in [5.74, 6) is -0.865. The van der Waals surface area contributed by atoms with Crippen LogP contribution in [-0.4, -0.2) is 52.5 Å². The van der Waals surface area contributed by atoms with Crippen molar-refractivity contribution >= 4 is 24.1 Å². The van der Waals surface area contributed by atoms with Gasteiger partial charge in [0.2, 0.25) is 6.41 Å². The van der Waals surface area contributed by atoms with E-state index in [1.807, 2.05) is 0 Å². The lowest BCUT2D eigenvalue weighted by atomic mass is 9.98. The predicted octanol–water partition coefficient (Wildman–Crippen LogP) is 1.11. The van der Waals surface area contributed by atoms with Crippen molar-refractivity contribution in [3.63, 3.8) is 0 Å². The molecule has 1 aliphatic carbocycles. The van der Waals surface area contributed by atoms with Crippen LogP contribution in [-0.2, 0) is 21.4 Å². The van der Waals surface area contributed by atoms with Crippen molar-refractivity contribution < 1.29 is 19.1 Å². The Balaban J connectivity index is 1.91. The van der Waals surface area contributed by atoms with Crippen molar-refractivity contribution in [2.24, 2.45) is 17.4 Å². The van der Waals surface area contributed by atoms with Crippen LogP contribution in [0, 0.1) is 0 Å². The smallest absolute Gasteiger partial charge is 0.325 e. The minimum absolute atomic E-state index is 0.0102. The maximum atomic E-state index is 12.2. The summed E-state index contributed by atoms with van der Waals surface area (Å²) < 4.78 is 6.82. The number of aryl methyl sites for hydroxylation is 1. The van der Waals surface area contributed by atoms with Crippen molar-refractivity contribution in [3.8, 4) is 0 Å². The number of ether oxygens (including phenoxy) is 1. The summed E-state index contributed by atoms with van der Waals surface area (Å²) in [4.78, 5) is 38.5. The second-order valence-electron chi connectivity index (χ2n) is 5.83. The summed E-state index contributed by atoms with van der Waals surface area (Å²) in [5.41, 5.74) is 0.0102. The fourth-order valence-corrected chi connectivity index (χ4v) is 2.48. The first kappa shape index (κ1) is 18.6. The molecule has 10 heteroatoms. The molecular formula is C15H22N6O4. The number of rotatable bonds is 7. The molecule has 25 heavy (non-hydrogen) atoms. The quantitative estimate of drug-likeness (QED) is 0.342. The number of amides is 2. The van der Waals surface area contributed by atoms with E-state index in [1.165, 1.54) is 24.4 Å². The second kappa shape index (κ2) is 8.90. The van der Waals surface area contributed by atoms with Crippen LogP contribution in [0.25, 0.3) is 0 Å². The van der Waals surface area contributed by atoms with Gasteiger partial charge in [-0.1, -0.05) is 11.6 Å². The first-order valence-corrected chi connectivity index (χ1v) is 8.10. The van der Waals surface area contributed by atoms with Crippen molar-refractivity contribution in [2.75, 3.05) is 13.6 Å². The van der Waals surface area contributed by atoms with Crippen LogP contribution >= 0.6 is 0 Å². The van der Waals surface area contributed by atoms with Gasteiger partial charge >= 0.3 is 5.97 Å². The van der Waals surface area contributed by atoms with Gasteiger partial charge in [-0.25, -0.2) is 9.99 Å². The number of imidazole rings is 1. The van der Waals surface area contributed by atoms with E-state index in [-0.39, 0.29) is 24.2 Å². The standard InChI is InChI=1S/C15H22N6O4/c1-20-9-17-13(14(20)18-19-21(2)10-22)15(24)16-8-12(23)25-11-6-4-3-5-7-11/h9-11H,3-8H2,1-2H3,(H,16,24)/b19-18-. The minimum Gasteiger partial charge on any atom is -0.461 e. The highest BCUT2D eigenvalue weighted by Crippen LogP contribution is 2.20. The molecule has 1 aromatic heterocycles. The van der Waals surface area contributed by atoms with Crippen LogP contribution in [0.4, 0.5) is 5.82 Å². The van der Waals surface area contributed by atoms with Crippen molar-refractivity contribution in [1.82, 2.24) is 19.9 Å². The fourth-order valence-electron chi connectivity index (χ4n) is 2.48. The number of hydrogen-bond donors (Lipinski definition) is 1. The molecule has 2 rings (SSSR count). The van der Waals surface area contributed by atoms with Gasteiger partial charge in [0.15, 0.2) is 11.5 Å². The Morgan fingerprint density at radius 1 is 1.44 bits per heavy atom. The highest BCUT2D eigenvalue weighted by atomic mass is 16.5. The van der Waals surface area contributed by atoms with Crippen molar-refractivity contribution in [2.45, 2.75) is 38.2 Å². The molecule has 0 aromatic carbocycles. The zero-order chi connectivity index (χ0) is 18.2. The maximum Gasteiger partial charge on any atom is 0.325 e. The molecule has 0 atom stereocenters. The molecule has 10 nitrogen and oxygen atoms in total. The summed E-state index contributed by atoms with van der Waals surface area (Å²) in [5, 5.41) is 10.9. The number of carbonyl (C=O) groups is 3. The molecule has 0 aliphatic heterocycles. The van der Waals surface area contributed by atoms with Crippen LogP contribution in [0.3, 0.4) is 0 Å². The van der Waals surface area contributed by atoms with Gasteiger partial charge in [-0.05, 0) is 25.7 Å². The van der Waals surface area contributed by atoms with Gasteiger partial charge in [0.05, 0.1) is 6.33 Å². The molecule has 0 bridgehead atoms. The number of carbonyl (C=O) groups excluding carboxylic acids is 3. The van der Waals surface area contributed by atoms with Crippen molar-refractivity contribution in [1.29, 1.82) is 0 Å². The van der Waals surface area contributed by atoms with E-state index < -0.39 is 11.9 Å². The van der Waals surface area contributed by atoms with Gasteiger partial charge in [0, 0.05) is 14.1 Å². The largest absolute Gasteiger partial charge is 0.461 e. The molecule has 1 heterocycles. The third-order valence-electron chi connectivity index (χ3n) is 3.80.